The van der Waals surface area contributed by atoms with E-state index in [9.17, 15) is 9.18 Å². The molecule has 2 N–H and O–H groups in total. The van der Waals surface area contributed by atoms with Gasteiger partial charge in [0.2, 0.25) is 0 Å². The second kappa shape index (κ2) is 7.79. The Labute approximate surface area is 154 Å². The SMILES string of the molecule is COc1ccc(NC(=O)c2cc(Nc3ccc(F)c(Cl)c3)ncn2)cc1. The molecule has 132 valence electrons. The van der Waals surface area contributed by atoms with E-state index in [4.69, 9.17) is 16.3 Å². The van der Waals surface area contributed by atoms with Gasteiger partial charge < -0.3 is 15.4 Å². The number of methoxy groups -OCH3 is 1. The van der Waals surface area contributed by atoms with Gasteiger partial charge in [-0.1, -0.05) is 11.6 Å². The first kappa shape index (κ1) is 17.6. The van der Waals surface area contributed by atoms with Crippen LogP contribution in [0.15, 0.2) is 54.9 Å². The van der Waals surface area contributed by atoms with Crippen LogP contribution in [0.25, 0.3) is 0 Å². The number of hydrogen-bond donors (Lipinski definition) is 2. The van der Waals surface area contributed by atoms with Crippen molar-refractivity contribution in [3.63, 3.8) is 0 Å². The van der Waals surface area contributed by atoms with Crippen molar-refractivity contribution in [2.45, 2.75) is 0 Å². The maximum atomic E-state index is 13.2. The summed E-state index contributed by atoms with van der Waals surface area (Å²) < 4.78 is 18.3. The van der Waals surface area contributed by atoms with Gasteiger partial charge in [0.1, 0.15) is 29.4 Å². The smallest absolute Gasteiger partial charge is 0.274 e. The van der Waals surface area contributed by atoms with Gasteiger partial charge in [0.05, 0.1) is 12.1 Å². The van der Waals surface area contributed by atoms with Crippen LogP contribution in [0.5, 0.6) is 5.75 Å². The Morgan fingerprint density at radius 2 is 1.81 bits per heavy atom. The van der Waals surface area contributed by atoms with E-state index < -0.39 is 11.7 Å². The highest BCUT2D eigenvalue weighted by atomic mass is 35.5. The quantitative estimate of drug-likeness (QED) is 0.699. The highest BCUT2D eigenvalue weighted by Crippen LogP contribution is 2.22. The first-order valence-corrected chi connectivity index (χ1v) is 7.92. The number of anilines is 3. The molecule has 0 unspecified atom stereocenters. The Balaban J connectivity index is 1.73. The predicted molar refractivity (Wildman–Crippen MR) is 97.7 cm³/mol. The van der Waals surface area contributed by atoms with Crippen molar-refractivity contribution in [1.82, 2.24) is 9.97 Å². The molecule has 0 atom stereocenters. The third kappa shape index (κ3) is 4.25. The normalized spacial score (nSPS) is 10.3. The maximum Gasteiger partial charge on any atom is 0.274 e. The third-order valence-electron chi connectivity index (χ3n) is 3.44. The second-order valence-electron chi connectivity index (χ2n) is 5.23. The summed E-state index contributed by atoms with van der Waals surface area (Å²) in [6.07, 6.45) is 1.26. The van der Waals surface area contributed by atoms with Gasteiger partial charge in [-0.25, -0.2) is 14.4 Å². The van der Waals surface area contributed by atoms with E-state index in [-0.39, 0.29) is 10.7 Å². The van der Waals surface area contributed by atoms with Crippen LogP contribution in [0, 0.1) is 5.82 Å². The summed E-state index contributed by atoms with van der Waals surface area (Å²) in [5.41, 5.74) is 1.32. The Morgan fingerprint density at radius 3 is 2.50 bits per heavy atom. The fraction of sp³-hybridized carbons (Fsp3) is 0.0556. The van der Waals surface area contributed by atoms with Crippen molar-refractivity contribution in [2.24, 2.45) is 0 Å². The monoisotopic (exact) mass is 372 g/mol. The number of aromatic nitrogens is 2. The van der Waals surface area contributed by atoms with Gasteiger partial charge in [-0.15, -0.1) is 0 Å². The van der Waals surface area contributed by atoms with Crippen LogP contribution in [-0.4, -0.2) is 23.0 Å². The fourth-order valence-corrected chi connectivity index (χ4v) is 2.32. The molecule has 0 aliphatic rings. The lowest BCUT2D eigenvalue weighted by molar-refractivity contribution is 0.102. The zero-order valence-electron chi connectivity index (χ0n) is 13.7. The average molecular weight is 373 g/mol. The topological polar surface area (TPSA) is 76.1 Å². The van der Waals surface area contributed by atoms with Gasteiger partial charge in [-0.2, -0.15) is 0 Å². The minimum absolute atomic E-state index is 0.0125. The molecule has 3 aromatic rings. The number of carbonyl (C=O) groups excluding carboxylic acids is 1. The van der Waals surface area contributed by atoms with E-state index in [2.05, 4.69) is 20.6 Å². The van der Waals surface area contributed by atoms with E-state index in [1.807, 2.05) is 0 Å². The molecule has 0 aliphatic carbocycles. The van der Waals surface area contributed by atoms with Crippen LogP contribution < -0.4 is 15.4 Å². The van der Waals surface area contributed by atoms with E-state index in [1.54, 1.807) is 31.4 Å². The summed E-state index contributed by atoms with van der Waals surface area (Å²) in [6.45, 7) is 0. The number of nitrogens with zero attached hydrogens (tertiary/aromatic N) is 2. The zero-order chi connectivity index (χ0) is 18.5. The Morgan fingerprint density at radius 1 is 1.08 bits per heavy atom. The molecular formula is C18H14ClFN4O2. The number of halogens is 2. The molecule has 6 nitrogen and oxygen atoms in total. The van der Waals surface area contributed by atoms with Gasteiger partial charge in [0, 0.05) is 17.4 Å². The van der Waals surface area contributed by atoms with Crippen molar-refractivity contribution in [3.05, 3.63) is 71.4 Å². The van der Waals surface area contributed by atoms with E-state index in [0.717, 1.165) is 0 Å². The number of nitrogens with one attached hydrogen (secondary N) is 2. The number of amides is 1. The van der Waals surface area contributed by atoms with Crippen LogP contribution in [0.4, 0.5) is 21.6 Å². The second-order valence-corrected chi connectivity index (χ2v) is 5.63. The van der Waals surface area contributed by atoms with Crippen molar-refractivity contribution in [2.75, 3.05) is 17.7 Å². The summed E-state index contributed by atoms with van der Waals surface area (Å²) in [7, 11) is 1.57. The molecule has 2 aromatic carbocycles. The summed E-state index contributed by atoms with van der Waals surface area (Å²) in [5.74, 6) is 0.161. The standard InChI is InChI=1S/C18H14ClFN4O2/c1-26-13-5-2-11(3-6-13)24-18(25)16-9-17(22-10-21-16)23-12-4-7-15(20)14(19)8-12/h2-10H,1H3,(H,24,25)(H,21,22,23). The van der Waals surface area contributed by atoms with Crippen molar-refractivity contribution in [3.8, 4) is 5.75 Å². The zero-order valence-corrected chi connectivity index (χ0v) is 14.4. The molecule has 0 bridgehead atoms. The van der Waals surface area contributed by atoms with Crippen molar-refractivity contribution < 1.29 is 13.9 Å². The number of ether oxygens (including phenoxy) is 1. The van der Waals surface area contributed by atoms with Crippen molar-refractivity contribution in [1.29, 1.82) is 0 Å². The Hall–Kier alpha value is -3.19. The molecular weight excluding hydrogens is 359 g/mol. The third-order valence-corrected chi connectivity index (χ3v) is 3.73. The number of carbonyl (C=O) groups is 1. The average Bonchev–Trinajstić information content (AvgIpc) is 2.65. The molecule has 0 saturated heterocycles. The summed E-state index contributed by atoms with van der Waals surface area (Å²) >= 11 is 5.75. The van der Waals surface area contributed by atoms with Gasteiger partial charge in [0.15, 0.2) is 0 Å². The van der Waals surface area contributed by atoms with E-state index in [1.165, 1.54) is 30.6 Å². The molecule has 1 aromatic heterocycles. The highest BCUT2D eigenvalue weighted by molar-refractivity contribution is 6.31. The predicted octanol–water partition coefficient (Wildman–Crippen LogP) is 4.27. The lowest BCUT2D eigenvalue weighted by atomic mass is 10.2. The van der Waals surface area contributed by atoms with Gasteiger partial charge in [-0.3, -0.25) is 4.79 Å². The number of hydrogen-bond acceptors (Lipinski definition) is 5. The molecule has 8 heteroatoms. The minimum Gasteiger partial charge on any atom is -0.497 e. The molecule has 26 heavy (non-hydrogen) atoms. The van der Waals surface area contributed by atoms with Crippen LogP contribution in [0.2, 0.25) is 5.02 Å². The van der Waals surface area contributed by atoms with Crippen LogP contribution in [-0.2, 0) is 0 Å². The Kier molecular flexibility index (Phi) is 5.28. The molecule has 0 spiro atoms. The lowest BCUT2D eigenvalue weighted by Gasteiger charge is -2.08. The molecule has 0 fully saturated rings. The summed E-state index contributed by atoms with van der Waals surface area (Å²) in [6, 6.07) is 12.6. The fourth-order valence-electron chi connectivity index (χ4n) is 2.14. The highest BCUT2D eigenvalue weighted by Gasteiger charge is 2.10. The minimum atomic E-state index is -0.514. The summed E-state index contributed by atoms with van der Waals surface area (Å²) in [4.78, 5) is 20.4. The van der Waals surface area contributed by atoms with E-state index >= 15 is 0 Å². The molecule has 0 aliphatic heterocycles. The lowest BCUT2D eigenvalue weighted by Crippen LogP contribution is -2.14. The molecule has 1 amide bonds. The van der Waals surface area contributed by atoms with E-state index in [0.29, 0.717) is 22.9 Å². The van der Waals surface area contributed by atoms with Gasteiger partial charge in [0.25, 0.3) is 5.91 Å². The molecule has 0 saturated carbocycles. The largest absolute Gasteiger partial charge is 0.497 e. The van der Waals surface area contributed by atoms with Crippen LogP contribution >= 0.6 is 11.6 Å². The van der Waals surface area contributed by atoms with Crippen LogP contribution in [0.1, 0.15) is 10.5 Å². The van der Waals surface area contributed by atoms with Crippen LogP contribution in [0.3, 0.4) is 0 Å². The van der Waals surface area contributed by atoms with Gasteiger partial charge >= 0.3 is 0 Å². The number of rotatable bonds is 5. The first-order valence-electron chi connectivity index (χ1n) is 7.54. The molecule has 0 radical (unpaired) electrons. The maximum absolute atomic E-state index is 13.2. The summed E-state index contributed by atoms with van der Waals surface area (Å²) in [5, 5.41) is 5.67. The molecule has 3 rings (SSSR count). The first-order chi connectivity index (χ1) is 12.5. The molecule has 1 heterocycles. The van der Waals surface area contributed by atoms with Gasteiger partial charge in [-0.05, 0) is 42.5 Å². The van der Waals surface area contributed by atoms with Crippen molar-refractivity contribution >= 4 is 34.7 Å². The Bertz CT molecular complexity index is 935. The number of benzene rings is 2.